The third kappa shape index (κ3) is 5.76. The standard InChI is InChI=1S/C19H21Cl5N2O3/c1-25(18(28)29-10-19(22,23)24)15-7-11(20)8-16(15)26(12-5-3-2-4-6-12)17(27)13-9-14(13)21/h2-6,11,13-16H,7-10H2,1H3/t11?,13-,14-,15?,16?/m1/s1. The smallest absolute Gasteiger partial charge is 0.409 e. The molecule has 0 bridgehead atoms. The van der Waals surface area contributed by atoms with Crippen LogP contribution in [0.1, 0.15) is 19.3 Å². The summed E-state index contributed by atoms with van der Waals surface area (Å²) in [6.45, 7) is -0.375. The Morgan fingerprint density at radius 2 is 1.66 bits per heavy atom. The molecule has 2 aliphatic carbocycles. The summed E-state index contributed by atoms with van der Waals surface area (Å²) in [7, 11) is 1.60. The molecular formula is C19H21Cl5N2O3. The number of hydrogen-bond acceptors (Lipinski definition) is 3. The summed E-state index contributed by atoms with van der Waals surface area (Å²) in [5.41, 5.74) is 0.747. The zero-order valence-corrected chi connectivity index (χ0v) is 19.4. The molecule has 0 spiro atoms. The number of halogens is 5. The van der Waals surface area contributed by atoms with E-state index >= 15 is 0 Å². The molecule has 1 aromatic rings. The number of para-hydroxylation sites is 1. The highest BCUT2D eigenvalue weighted by molar-refractivity contribution is 6.67. The highest BCUT2D eigenvalue weighted by atomic mass is 35.6. The molecular weight excluding hydrogens is 481 g/mol. The van der Waals surface area contributed by atoms with E-state index < -0.39 is 9.89 Å². The Labute approximate surface area is 195 Å². The molecule has 0 N–H and O–H groups in total. The number of hydrogen-bond donors (Lipinski definition) is 0. The molecule has 0 saturated heterocycles. The number of amides is 2. The van der Waals surface area contributed by atoms with Gasteiger partial charge in [-0.05, 0) is 31.4 Å². The minimum Gasteiger partial charge on any atom is -0.445 e. The number of benzene rings is 1. The van der Waals surface area contributed by atoms with Gasteiger partial charge in [0.2, 0.25) is 9.70 Å². The lowest BCUT2D eigenvalue weighted by atomic mass is 10.1. The molecule has 0 heterocycles. The van der Waals surface area contributed by atoms with E-state index in [0.29, 0.717) is 19.3 Å². The first-order valence-corrected chi connectivity index (χ1v) is 11.2. The average molecular weight is 503 g/mol. The van der Waals surface area contributed by atoms with E-state index in [2.05, 4.69) is 0 Å². The molecule has 2 aliphatic rings. The van der Waals surface area contributed by atoms with Gasteiger partial charge >= 0.3 is 6.09 Å². The highest BCUT2D eigenvalue weighted by Gasteiger charge is 2.49. The molecule has 0 radical (unpaired) electrons. The van der Waals surface area contributed by atoms with E-state index in [1.807, 2.05) is 30.3 Å². The first-order chi connectivity index (χ1) is 13.6. The average Bonchev–Trinajstić information content (AvgIpc) is 3.28. The van der Waals surface area contributed by atoms with E-state index in [1.54, 1.807) is 11.9 Å². The van der Waals surface area contributed by atoms with Crippen molar-refractivity contribution in [3.05, 3.63) is 30.3 Å². The van der Waals surface area contributed by atoms with Crippen LogP contribution in [0.25, 0.3) is 0 Å². The van der Waals surface area contributed by atoms with Crippen molar-refractivity contribution in [3.8, 4) is 0 Å². The van der Waals surface area contributed by atoms with Gasteiger partial charge in [-0.2, -0.15) is 0 Å². The van der Waals surface area contributed by atoms with Gasteiger partial charge in [-0.1, -0.05) is 53.0 Å². The van der Waals surface area contributed by atoms with E-state index in [9.17, 15) is 9.59 Å². The molecule has 2 saturated carbocycles. The Morgan fingerprint density at radius 1 is 1.07 bits per heavy atom. The highest BCUT2D eigenvalue weighted by Crippen LogP contribution is 2.42. The Bertz CT molecular complexity index is 745. The van der Waals surface area contributed by atoms with Crippen LogP contribution < -0.4 is 4.90 Å². The van der Waals surface area contributed by atoms with E-state index in [-0.39, 0.29) is 41.3 Å². The molecule has 3 unspecified atom stereocenters. The van der Waals surface area contributed by atoms with Gasteiger partial charge in [0, 0.05) is 23.5 Å². The van der Waals surface area contributed by atoms with Crippen molar-refractivity contribution in [2.24, 2.45) is 5.92 Å². The van der Waals surface area contributed by atoms with Crippen LogP contribution in [0, 0.1) is 5.92 Å². The zero-order chi connectivity index (χ0) is 21.3. The van der Waals surface area contributed by atoms with Crippen molar-refractivity contribution in [2.75, 3.05) is 18.6 Å². The molecule has 5 atom stereocenters. The molecule has 0 aliphatic heterocycles. The number of carbonyl (C=O) groups is 2. The number of carbonyl (C=O) groups excluding carboxylic acids is 2. The number of ether oxygens (including phenoxy) is 1. The minimum atomic E-state index is -1.70. The fraction of sp³-hybridized carbons (Fsp3) is 0.579. The van der Waals surface area contributed by atoms with Gasteiger partial charge in [-0.15, -0.1) is 23.2 Å². The van der Waals surface area contributed by atoms with E-state index in [1.165, 1.54) is 4.90 Å². The van der Waals surface area contributed by atoms with Crippen LogP contribution in [0.15, 0.2) is 30.3 Å². The predicted octanol–water partition coefficient (Wildman–Crippen LogP) is 5.22. The molecule has 2 amide bonds. The molecule has 29 heavy (non-hydrogen) atoms. The number of rotatable bonds is 5. The largest absolute Gasteiger partial charge is 0.445 e. The molecule has 0 aromatic heterocycles. The third-order valence-electron chi connectivity index (χ3n) is 5.22. The van der Waals surface area contributed by atoms with Gasteiger partial charge in [-0.25, -0.2) is 4.79 Å². The Balaban J connectivity index is 1.83. The Hall–Kier alpha value is -0.590. The van der Waals surface area contributed by atoms with Gasteiger partial charge in [0.05, 0.1) is 18.0 Å². The van der Waals surface area contributed by atoms with Crippen LogP contribution in [-0.2, 0) is 9.53 Å². The van der Waals surface area contributed by atoms with Gasteiger partial charge in [0.1, 0.15) is 6.61 Å². The summed E-state index contributed by atoms with van der Waals surface area (Å²) in [5.74, 6) is -0.284. The molecule has 5 nitrogen and oxygen atoms in total. The number of likely N-dealkylation sites (N-methyl/N-ethyl adjacent to an activating group) is 1. The predicted molar refractivity (Wildman–Crippen MR) is 118 cm³/mol. The first-order valence-electron chi connectivity index (χ1n) is 9.21. The fourth-order valence-corrected chi connectivity index (χ4v) is 4.51. The quantitative estimate of drug-likeness (QED) is 0.519. The Morgan fingerprint density at radius 3 is 2.21 bits per heavy atom. The maximum atomic E-state index is 13.2. The van der Waals surface area contributed by atoms with Crippen molar-refractivity contribution in [1.29, 1.82) is 0 Å². The summed E-state index contributed by atoms with van der Waals surface area (Å²) in [5, 5.41) is -0.356. The molecule has 160 valence electrons. The second kappa shape index (κ2) is 9.27. The van der Waals surface area contributed by atoms with Crippen LogP contribution in [0.4, 0.5) is 10.5 Å². The molecule has 3 rings (SSSR count). The third-order valence-corrected chi connectivity index (χ3v) is 6.38. The van der Waals surface area contributed by atoms with Crippen LogP contribution >= 0.6 is 58.0 Å². The van der Waals surface area contributed by atoms with Crippen molar-refractivity contribution in [3.63, 3.8) is 0 Å². The van der Waals surface area contributed by atoms with E-state index in [4.69, 9.17) is 62.7 Å². The lowest BCUT2D eigenvalue weighted by Crippen LogP contribution is -2.52. The molecule has 1 aromatic carbocycles. The summed E-state index contributed by atoms with van der Waals surface area (Å²) in [6.07, 6.45) is 1.05. The van der Waals surface area contributed by atoms with Gasteiger partial charge < -0.3 is 14.5 Å². The minimum absolute atomic E-state index is 0.0555. The first kappa shape index (κ1) is 23.1. The van der Waals surface area contributed by atoms with Crippen LogP contribution in [-0.4, -0.2) is 57.2 Å². The summed E-state index contributed by atoms with van der Waals surface area (Å²) >= 11 is 29.6. The fourth-order valence-electron chi connectivity index (χ4n) is 3.68. The lowest BCUT2D eigenvalue weighted by Gasteiger charge is -2.37. The maximum absolute atomic E-state index is 13.2. The zero-order valence-electron chi connectivity index (χ0n) is 15.6. The topological polar surface area (TPSA) is 49.9 Å². The maximum Gasteiger partial charge on any atom is 0.409 e. The van der Waals surface area contributed by atoms with Crippen LogP contribution in [0.5, 0.6) is 0 Å². The number of alkyl halides is 5. The molecule has 10 heteroatoms. The monoisotopic (exact) mass is 500 g/mol. The normalized spacial score (nSPS) is 28.7. The van der Waals surface area contributed by atoms with Crippen molar-refractivity contribution < 1.29 is 14.3 Å². The second-order valence-corrected chi connectivity index (χ2v) is 11.1. The summed E-state index contributed by atoms with van der Waals surface area (Å²) in [6, 6.07) is 8.67. The second-order valence-electron chi connectivity index (χ2n) is 7.39. The summed E-state index contributed by atoms with van der Waals surface area (Å²) in [4.78, 5) is 28.9. The SMILES string of the molecule is CN(C(=O)OCC(Cl)(Cl)Cl)C1CC(Cl)CC1N(C(=O)[C@@H]1C[C@H]1Cl)c1ccccc1. The lowest BCUT2D eigenvalue weighted by molar-refractivity contribution is -0.120. The number of anilines is 1. The number of nitrogens with zero attached hydrogens (tertiary/aromatic N) is 2. The van der Waals surface area contributed by atoms with Crippen molar-refractivity contribution in [1.82, 2.24) is 4.90 Å². The van der Waals surface area contributed by atoms with E-state index in [0.717, 1.165) is 5.69 Å². The van der Waals surface area contributed by atoms with Crippen LogP contribution in [0.2, 0.25) is 0 Å². The Kier molecular flexibility index (Phi) is 7.38. The van der Waals surface area contributed by atoms with Gasteiger partial charge in [0.15, 0.2) is 0 Å². The van der Waals surface area contributed by atoms with Crippen LogP contribution in [0.3, 0.4) is 0 Å². The molecule has 2 fully saturated rings. The van der Waals surface area contributed by atoms with Crippen molar-refractivity contribution >= 4 is 75.7 Å². The van der Waals surface area contributed by atoms with Gasteiger partial charge in [-0.3, -0.25) is 4.79 Å². The van der Waals surface area contributed by atoms with Crippen molar-refractivity contribution in [2.45, 2.75) is 45.9 Å². The summed E-state index contributed by atoms with van der Waals surface area (Å²) < 4.78 is 3.41. The van der Waals surface area contributed by atoms with Gasteiger partial charge in [0.25, 0.3) is 0 Å².